The van der Waals surface area contributed by atoms with E-state index in [9.17, 15) is 4.79 Å². The number of carbonyl (C=O) groups is 1. The lowest BCUT2D eigenvalue weighted by molar-refractivity contribution is 0.252. The summed E-state index contributed by atoms with van der Waals surface area (Å²) in [5.41, 5.74) is 5.71. The zero-order valence-electron chi connectivity index (χ0n) is 18.9. The van der Waals surface area contributed by atoms with Crippen LogP contribution in [-0.2, 0) is 6.42 Å². The molecule has 5 rings (SSSR count). The van der Waals surface area contributed by atoms with Crippen molar-refractivity contribution in [2.45, 2.75) is 13.3 Å². The normalized spacial score (nSPS) is 16.3. The van der Waals surface area contributed by atoms with Gasteiger partial charge in [-0.1, -0.05) is 18.2 Å². The minimum absolute atomic E-state index is 0. The number of urea groups is 1. The first-order chi connectivity index (χ1) is 15.2. The summed E-state index contributed by atoms with van der Waals surface area (Å²) in [5.74, 6) is 0. The third-order valence-electron chi connectivity index (χ3n) is 6.36. The van der Waals surface area contributed by atoms with Crippen molar-refractivity contribution in [1.29, 1.82) is 0 Å². The Hall–Kier alpha value is -2.54. The molecule has 0 bridgehead atoms. The summed E-state index contributed by atoms with van der Waals surface area (Å²) in [5, 5.41) is 4.11. The van der Waals surface area contributed by atoms with Crippen LogP contribution in [0, 0.1) is 6.92 Å². The quantitative estimate of drug-likeness (QED) is 0.583. The van der Waals surface area contributed by atoms with Crippen LogP contribution in [0.25, 0.3) is 10.9 Å². The Bertz CT molecular complexity index is 1100. The highest BCUT2D eigenvalue weighted by molar-refractivity contribution is 5.94. The van der Waals surface area contributed by atoms with Crippen LogP contribution in [0.2, 0.25) is 0 Å². The van der Waals surface area contributed by atoms with E-state index in [1.54, 1.807) is 0 Å². The Balaban J connectivity index is 0.00000153. The second kappa shape index (κ2) is 11.1. The monoisotopic (exact) mass is 487 g/mol. The van der Waals surface area contributed by atoms with Crippen LogP contribution in [0.3, 0.4) is 0 Å². The number of pyridine rings is 1. The number of nitrogens with one attached hydrogen (secondary N) is 1. The molecule has 0 radical (unpaired) electrons. The van der Waals surface area contributed by atoms with Crippen molar-refractivity contribution in [3.63, 3.8) is 0 Å². The summed E-state index contributed by atoms with van der Waals surface area (Å²) in [6, 6.07) is 19.1. The number of amides is 2. The molecule has 3 heterocycles. The van der Waals surface area contributed by atoms with Gasteiger partial charge in [-0.3, -0.25) is 14.8 Å². The maximum Gasteiger partial charge on any atom is 0.321 e. The van der Waals surface area contributed by atoms with Crippen molar-refractivity contribution >= 4 is 53.1 Å². The first kappa shape index (κ1) is 25.1. The molecule has 0 saturated carbocycles. The Labute approximate surface area is 207 Å². The van der Waals surface area contributed by atoms with Crippen molar-refractivity contribution in [2.75, 3.05) is 55.6 Å². The minimum atomic E-state index is 0. The highest BCUT2D eigenvalue weighted by atomic mass is 35.5. The zero-order chi connectivity index (χ0) is 21.2. The van der Waals surface area contributed by atoms with E-state index in [0.717, 1.165) is 69.1 Å². The van der Waals surface area contributed by atoms with Crippen molar-refractivity contribution in [1.82, 2.24) is 15.2 Å². The summed E-state index contributed by atoms with van der Waals surface area (Å²) < 4.78 is 0. The molecule has 8 heteroatoms. The lowest BCUT2D eigenvalue weighted by Gasteiger charge is -2.36. The minimum Gasteiger partial charge on any atom is -0.368 e. The molecule has 2 aliphatic heterocycles. The van der Waals surface area contributed by atoms with Gasteiger partial charge in [-0.05, 0) is 55.3 Å². The van der Waals surface area contributed by atoms with Gasteiger partial charge in [0.1, 0.15) is 0 Å². The van der Waals surface area contributed by atoms with Crippen LogP contribution in [0.15, 0.2) is 54.6 Å². The molecule has 3 aromatic rings. The number of benzene rings is 2. The summed E-state index contributed by atoms with van der Waals surface area (Å²) in [6.07, 6.45) is 1.00. The van der Waals surface area contributed by atoms with E-state index in [-0.39, 0.29) is 30.8 Å². The molecule has 2 saturated heterocycles. The van der Waals surface area contributed by atoms with Gasteiger partial charge in [0.05, 0.1) is 5.52 Å². The molecule has 2 amide bonds. The Morgan fingerprint density at radius 2 is 1.73 bits per heavy atom. The van der Waals surface area contributed by atoms with Gasteiger partial charge in [-0.2, -0.15) is 0 Å². The number of hydrogen-bond donors (Lipinski definition) is 1. The first-order valence-corrected chi connectivity index (χ1v) is 11.2. The van der Waals surface area contributed by atoms with Gasteiger partial charge in [0.25, 0.3) is 0 Å². The average Bonchev–Trinajstić information content (AvgIpc) is 3.23. The molecule has 0 aliphatic carbocycles. The van der Waals surface area contributed by atoms with Crippen molar-refractivity contribution < 1.29 is 4.79 Å². The van der Waals surface area contributed by atoms with Crippen LogP contribution in [-0.4, -0.2) is 61.7 Å². The molecular formula is C25H31Cl2N5O. The molecule has 0 atom stereocenters. The van der Waals surface area contributed by atoms with E-state index in [4.69, 9.17) is 0 Å². The summed E-state index contributed by atoms with van der Waals surface area (Å²) in [4.78, 5) is 23.5. The topological polar surface area (TPSA) is 51.7 Å². The van der Waals surface area contributed by atoms with E-state index in [1.807, 2.05) is 17.9 Å². The number of piperazine rings is 1. The van der Waals surface area contributed by atoms with Gasteiger partial charge in [0.2, 0.25) is 0 Å². The van der Waals surface area contributed by atoms with Crippen LogP contribution < -0.4 is 15.1 Å². The van der Waals surface area contributed by atoms with Crippen LogP contribution in [0.4, 0.5) is 16.2 Å². The molecule has 0 unspecified atom stereocenters. The second-order valence-corrected chi connectivity index (χ2v) is 8.43. The molecular weight excluding hydrogens is 457 g/mol. The molecule has 2 fully saturated rings. The van der Waals surface area contributed by atoms with Crippen molar-refractivity contribution in [2.24, 2.45) is 0 Å². The number of halogens is 2. The maximum absolute atomic E-state index is 11.9. The standard InChI is InChI=1S/C25H29N5O.2ClH/c1-19-8-9-22-23(27-19)6-3-7-24(22)29-16-14-28(15-17-29)12-10-20-4-2-5-21(18-20)30-13-11-26-25(30)31;;/h2-9,18H,10-17H2,1H3,(H,26,31);2*1H. The van der Waals surface area contributed by atoms with Gasteiger partial charge in [0.15, 0.2) is 0 Å². The number of carbonyl (C=O) groups excluding carboxylic acids is 1. The lowest BCUT2D eigenvalue weighted by atomic mass is 10.1. The molecule has 2 aromatic carbocycles. The van der Waals surface area contributed by atoms with Gasteiger partial charge in [0, 0.05) is 68.3 Å². The number of aryl methyl sites for hydroxylation is 1. The second-order valence-electron chi connectivity index (χ2n) is 8.43. The largest absolute Gasteiger partial charge is 0.368 e. The fourth-order valence-corrected chi connectivity index (χ4v) is 4.61. The van der Waals surface area contributed by atoms with Crippen LogP contribution in [0.5, 0.6) is 0 Å². The number of aromatic nitrogens is 1. The smallest absolute Gasteiger partial charge is 0.321 e. The number of hydrogen-bond acceptors (Lipinski definition) is 4. The molecule has 6 nitrogen and oxygen atoms in total. The van der Waals surface area contributed by atoms with Gasteiger partial charge < -0.3 is 10.2 Å². The fraction of sp³-hybridized carbons (Fsp3) is 0.360. The first-order valence-electron chi connectivity index (χ1n) is 11.2. The van der Waals surface area contributed by atoms with E-state index < -0.39 is 0 Å². The molecule has 1 aromatic heterocycles. The van der Waals surface area contributed by atoms with Crippen molar-refractivity contribution in [3.8, 4) is 0 Å². The third-order valence-corrected chi connectivity index (χ3v) is 6.36. The fourth-order valence-electron chi connectivity index (χ4n) is 4.61. The van der Waals surface area contributed by atoms with Crippen LogP contribution in [0.1, 0.15) is 11.3 Å². The number of rotatable bonds is 5. The SMILES string of the molecule is Cc1ccc2c(N3CCN(CCc4cccc(N5CCNC5=O)c4)CC3)cccc2n1.Cl.Cl. The Morgan fingerprint density at radius 1 is 0.939 bits per heavy atom. The van der Waals surface area contributed by atoms with Gasteiger partial charge >= 0.3 is 6.03 Å². The molecule has 0 spiro atoms. The molecule has 2 aliphatic rings. The van der Waals surface area contributed by atoms with E-state index >= 15 is 0 Å². The average molecular weight is 488 g/mol. The van der Waals surface area contributed by atoms with E-state index in [1.165, 1.54) is 16.6 Å². The summed E-state index contributed by atoms with van der Waals surface area (Å²) in [6.45, 7) is 8.73. The number of anilines is 2. The molecule has 33 heavy (non-hydrogen) atoms. The number of nitrogens with zero attached hydrogens (tertiary/aromatic N) is 4. The molecule has 1 N–H and O–H groups in total. The van der Waals surface area contributed by atoms with E-state index in [2.05, 4.69) is 68.6 Å². The predicted octanol–water partition coefficient (Wildman–Crippen LogP) is 4.28. The zero-order valence-corrected chi connectivity index (χ0v) is 20.5. The Kier molecular flexibility index (Phi) is 8.40. The summed E-state index contributed by atoms with van der Waals surface area (Å²) >= 11 is 0. The van der Waals surface area contributed by atoms with Gasteiger partial charge in [-0.15, -0.1) is 24.8 Å². The highest BCUT2D eigenvalue weighted by Crippen LogP contribution is 2.27. The summed E-state index contributed by atoms with van der Waals surface area (Å²) in [7, 11) is 0. The third kappa shape index (κ3) is 5.52. The van der Waals surface area contributed by atoms with E-state index in [0.29, 0.717) is 0 Å². The van der Waals surface area contributed by atoms with Crippen LogP contribution >= 0.6 is 24.8 Å². The molecule has 176 valence electrons. The van der Waals surface area contributed by atoms with Gasteiger partial charge in [-0.25, -0.2) is 4.79 Å². The number of fused-ring (bicyclic) bond motifs is 1. The Morgan fingerprint density at radius 3 is 2.48 bits per heavy atom. The predicted molar refractivity (Wildman–Crippen MR) is 141 cm³/mol. The maximum atomic E-state index is 11.9. The van der Waals surface area contributed by atoms with Crippen molar-refractivity contribution in [3.05, 3.63) is 65.9 Å². The highest BCUT2D eigenvalue weighted by Gasteiger charge is 2.22. The lowest BCUT2D eigenvalue weighted by Crippen LogP contribution is -2.47.